The highest BCUT2D eigenvalue weighted by Crippen LogP contribution is 2.23. The number of aromatic amines is 1. The molecule has 7 heteroatoms. The fourth-order valence-corrected chi connectivity index (χ4v) is 4.04. The van der Waals surface area contributed by atoms with E-state index in [1.54, 1.807) is 41.2 Å². The summed E-state index contributed by atoms with van der Waals surface area (Å²) in [6, 6.07) is 6.94. The number of carbonyl (C=O) groups excluding carboxylic acids is 1. The Balaban J connectivity index is 1.54. The van der Waals surface area contributed by atoms with Crippen molar-refractivity contribution in [3.05, 3.63) is 63.4 Å². The molecule has 3 aromatic rings. The van der Waals surface area contributed by atoms with Crippen molar-refractivity contribution in [1.29, 1.82) is 0 Å². The zero-order valence-corrected chi connectivity index (χ0v) is 15.9. The van der Waals surface area contributed by atoms with Gasteiger partial charge in [-0.3, -0.25) is 14.5 Å². The van der Waals surface area contributed by atoms with E-state index in [-0.39, 0.29) is 17.1 Å². The fraction of sp³-hybridized carbons (Fsp3) is 0.350. The summed E-state index contributed by atoms with van der Waals surface area (Å²) in [5.74, 6) is 0.519. The molecule has 0 unspecified atom stereocenters. The number of imidazole rings is 1. The zero-order valence-electron chi connectivity index (χ0n) is 15.1. The number of carbonyl (C=O) groups is 1. The SMILES string of the molecule is Cn1ccnc1C(=O)[C@H]1CCCN(Cc2cc(=O)c3cccc(Cl)c3[nH]2)C1. The average molecular weight is 385 g/mol. The Labute approximate surface area is 161 Å². The minimum atomic E-state index is -0.0735. The average Bonchev–Trinajstić information content (AvgIpc) is 3.08. The van der Waals surface area contributed by atoms with Crippen LogP contribution in [0.3, 0.4) is 0 Å². The highest BCUT2D eigenvalue weighted by Gasteiger charge is 2.28. The quantitative estimate of drug-likeness (QED) is 0.702. The third-order valence-electron chi connectivity index (χ3n) is 5.18. The molecule has 2 aromatic heterocycles. The largest absolute Gasteiger partial charge is 0.356 e. The molecule has 0 aliphatic carbocycles. The van der Waals surface area contributed by atoms with E-state index in [1.165, 1.54) is 0 Å². The Morgan fingerprint density at radius 3 is 3.04 bits per heavy atom. The molecule has 0 radical (unpaired) electrons. The van der Waals surface area contributed by atoms with E-state index in [0.29, 0.717) is 34.8 Å². The van der Waals surface area contributed by atoms with E-state index in [4.69, 9.17) is 11.6 Å². The molecular weight excluding hydrogens is 364 g/mol. The van der Waals surface area contributed by atoms with Crippen LogP contribution in [0.1, 0.15) is 29.2 Å². The van der Waals surface area contributed by atoms with Crippen LogP contribution in [0.15, 0.2) is 41.5 Å². The van der Waals surface area contributed by atoms with Gasteiger partial charge in [0.05, 0.1) is 10.5 Å². The summed E-state index contributed by atoms with van der Waals surface area (Å²) in [5.41, 5.74) is 1.43. The standard InChI is InChI=1S/C20H21ClN4O2/c1-24-9-7-22-20(24)19(27)13-4-3-8-25(11-13)12-14-10-17(26)15-5-2-6-16(21)18(15)23-14/h2,5-7,9-10,13H,3-4,8,11-12H2,1H3,(H,23,26)/t13-/m0/s1. The van der Waals surface area contributed by atoms with Crippen molar-refractivity contribution in [2.45, 2.75) is 19.4 Å². The lowest BCUT2D eigenvalue weighted by molar-refractivity contribution is 0.0796. The summed E-state index contributed by atoms with van der Waals surface area (Å²) in [6.07, 6.45) is 5.25. The molecule has 1 fully saturated rings. The van der Waals surface area contributed by atoms with Gasteiger partial charge in [-0.15, -0.1) is 0 Å². The molecule has 1 aliphatic rings. The van der Waals surface area contributed by atoms with Crippen molar-refractivity contribution in [2.24, 2.45) is 13.0 Å². The number of aromatic nitrogens is 3. The molecule has 1 aliphatic heterocycles. The number of rotatable bonds is 4. The number of aryl methyl sites for hydroxylation is 1. The van der Waals surface area contributed by atoms with Gasteiger partial charge in [-0.2, -0.15) is 0 Å². The molecule has 27 heavy (non-hydrogen) atoms. The van der Waals surface area contributed by atoms with E-state index < -0.39 is 0 Å². The van der Waals surface area contributed by atoms with Crippen molar-refractivity contribution >= 4 is 28.3 Å². The Kier molecular flexibility index (Phi) is 4.85. The molecule has 0 spiro atoms. The van der Waals surface area contributed by atoms with Gasteiger partial charge < -0.3 is 9.55 Å². The van der Waals surface area contributed by atoms with Gasteiger partial charge in [-0.1, -0.05) is 17.7 Å². The van der Waals surface area contributed by atoms with Gasteiger partial charge in [0.2, 0.25) is 5.78 Å². The van der Waals surface area contributed by atoms with Crippen molar-refractivity contribution in [3.8, 4) is 0 Å². The van der Waals surface area contributed by atoms with Gasteiger partial charge in [-0.25, -0.2) is 4.98 Å². The maximum absolute atomic E-state index is 12.8. The van der Waals surface area contributed by atoms with Gasteiger partial charge in [-0.05, 0) is 31.5 Å². The first-order valence-corrected chi connectivity index (χ1v) is 9.45. The summed E-state index contributed by atoms with van der Waals surface area (Å²) in [4.78, 5) is 34.9. The van der Waals surface area contributed by atoms with Crippen molar-refractivity contribution < 1.29 is 4.79 Å². The van der Waals surface area contributed by atoms with Crippen LogP contribution in [0, 0.1) is 5.92 Å². The molecule has 1 saturated heterocycles. The van der Waals surface area contributed by atoms with Crippen LogP contribution < -0.4 is 5.43 Å². The molecule has 1 aromatic carbocycles. The first kappa shape index (κ1) is 17.9. The normalized spacial score (nSPS) is 18.1. The number of hydrogen-bond acceptors (Lipinski definition) is 4. The number of para-hydroxylation sites is 1. The molecule has 4 rings (SSSR count). The van der Waals surface area contributed by atoms with Crippen molar-refractivity contribution in [3.63, 3.8) is 0 Å². The van der Waals surface area contributed by atoms with Gasteiger partial charge in [0, 0.05) is 55.6 Å². The van der Waals surface area contributed by atoms with Crippen LogP contribution in [-0.4, -0.2) is 38.3 Å². The first-order chi connectivity index (χ1) is 13.0. The molecule has 0 amide bonds. The van der Waals surface area contributed by atoms with Gasteiger partial charge >= 0.3 is 0 Å². The Bertz CT molecular complexity index is 1060. The minimum absolute atomic E-state index is 0.0427. The number of pyridine rings is 1. The van der Waals surface area contributed by atoms with Crippen LogP contribution >= 0.6 is 11.6 Å². The third-order valence-corrected chi connectivity index (χ3v) is 5.50. The van der Waals surface area contributed by atoms with E-state index in [9.17, 15) is 9.59 Å². The Hall–Kier alpha value is -2.44. The number of Topliss-reactive ketones (excluding diaryl/α,β-unsaturated/α-hetero) is 1. The molecule has 0 saturated carbocycles. The number of likely N-dealkylation sites (tertiary alicyclic amines) is 1. The summed E-state index contributed by atoms with van der Waals surface area (Å²) >= 11 is 6.24. The number of hydrogen-bond donors (Lipinski definition) is 1. The molecule has 1 atom stereocenters. The number of nitrogens with one attached hydrogen (secondary N) is 1. The fourth-order valence-electron chi connectivity index (χ4n) is 3.81. The first-order valence-electron chi connectivity index (χ1n) is 9.07. The maximum atomic E-state index is 12.8. The van der Waals surface area contributed by atoms with Crippen LogP contribution in [0.2, 0.25) is 5.02 Å². The molecule has 0 bridgehead atoms. The van der Waals surface area contributed by atoms with Gasteiger partial charge in [0.25, 0.3) is 0 Å². The lowest BCUT2D eigenvalue weighted by Crippen LogP contribution is -2.39. The highest BCUT2D eigenvalue weighted by atomic mass is 35.5. The predicted molar refractivity (Wildman–Crippen MR) is 105 cm³/mol. The highest BCUT2D eigenvalue weighted by molar-refractivity contribution is 6.35. The summed E-state index contributed by atoms with van der Waals surface area (Å²) in [6.45, 7) is 2.14. The van der Waals surface area contributed by atoms with Crippen LogP contribution in [0.25, 0.3) is 10.9 Å². The van der Waals surface area contributed by atoms with E-state index in [0.717, 1.165) is 25.1 Å². The molecule has 6 nitrogen and oxygen atoms in total. The summed E-state index contributed by atoms with van der Waals surface area (Å²) in [5, 5.41) is 1.13. The van der Waals surface area contributed by atoms with E-state index in [2.05, 4.69) is 14.9 Å². The zero-order chi connectivity index (χ0) is 19.0. The number of nitrogens with zero attached hydrogens (tertiary/aromatic N) is 3. The Morgan fingerprint density at radius 2 is 2.26 bits per heavy atom. The van der Waals surface area contributed by atoms with Crippen LogP contribution in [0.5, 0.6) is 0 Å². The predicted octanol–water partition coefficient (Wildman–Crippen LogP) is 3.01. The summed E-state index contributed by atoms with van der Waals surface area (Å²) in [7, 11) is 1.84. The van der Waals surface area contributed by atoms with Crippen LogP contribution in [-0.2, 0) is 13.6 Å². The van der Waals surface area contributed by atoms with Gasteiger partial charge in [0.15, 0.2) is 11.3 Å². The van der Waals surface area contributed by atoms with E-state index in [1.807, 2.05) is 7.05 Å². The maximum Gasteiger partial charge on any atom is 0.202 e. The second-order valence-electron chi connectivity index (χ2n) is 7.12. The Morgan fingerprint density at radius 1 is 1.41 bits per heavy atom. The number of ketones is 1. The van der Waals surface area contributed by atoms with Gasteiger partial charge in [0.1, 0.15) is 0 Å². The minimum Gasteiger partial charge on any atom is -0.356 e. The number of fused-ring (bicyclic) bond motifs is 1. The summed E-state index contributed by atoms with van der Waals surface area (Å²) < 4.78 is 1.77. The third kappa shape index (κ3) is 3.55. The number of piperidine rings is 1. The molecular formula is C20H21ClN4O2. The van der Waals surface area contributed by atoms with Crippen LogP contribution in [0.4, 0.5) is 0 Å². The lowest BCUT2D eigenvalue weighted by Gasteiger charge is -2.31. The van der Waals surface area contributed by atoms with Crippen molar-refractivity contribution in [1.82, 2.24) is 19.4 Å². The van der Waals surface area contributed by atoms with E-state index >= 15 is 0 Å². The smallest absolute Gasteiger partial charge is 0.202 e. The number of benzene rings is 1. The topological polar surface area (TPSA) is 71.0 Å². The molecule has 140 valence electrons. The lowest BCUT2D eigenvalue weighted by atomic mass is 9.93. The second-order valence-corrected chi connectivity index (χ2v) is 7.53. The van der Waals surface area contributed by atoms with Crippen molar-refractivity contribution in [2.75, 3.05) is 13.1 Å². The number of H-pyrrole nitrogens is 1. The molecule has 1 N–H and O–H groups in total. The monoisotopic (exact) mass is 384 g/mol. The second kappa shape index (κ2) is 7.29. The number of halogens is 1. The molecule has 3 heterocycles.